The number of fused-ring (bicyclic) bond motifs is 6. The van der Waals surface area contributed by atoms with Crippen LogP contribution in [0.2, 0.25) is 0 Å². The van der Waals surface area contributed by atoms with Crippen LogP contribution in [0.25, 0.3) is 38.6 Å². The Balaban J connectivity index is 0.000000456. The van der Waals surface area contributed by atoms with Gasteiger partial charge in [0.2, 0.25) is 0 Å². The second-order valence-electron chi connectivity index (χ2n) is 8.14. The lowest BCUT2D eigenvalue weighted by Crippen LogP contribution is -1.96. The van der Waals surface area contributed by atoms with Gasteiger partial charge in [0.15, 0.2) is 0 Å². The highest BCUT2D eigenvalue weighted by Gasteiger charge is 2.16. The molecule has 0 saturated carbocycles. The SMILES string of the molecule is CC.CC.CCCC.Cc1ccc2c(c1)c1ccccc1c1ncc(-c3c(C)cccc3C)n21. The van der Waals surface area contributed by atoms with E-state index in [4.69, 9.17) is 4.98 Å². The summed E-state index contributed by atoms with van der Waals surface area (Å²) in [5.41, 5.74) is 8.50. The Labute approximate surface area is 206 Å². The molecular formula is C32H42N2. The van der Waals surface area contributed by atoms with Gasteiger partial charge in [0.05, 0.1) is 17.4 Å². The number of aryl methyl sites for hydroxylation is 3. The van der Waals surface area contributed by atoms with E-state index in [1.165, 1.54) is 56.8 Å². The highest BCUT2D eigenvalue weighted by molar-refractivity contribution is 6.12. The average molecular weight is 455 g/mol. The van der Waals surface area contributed by atoms with Crippen molar-refractivity contribution in [1.29, 1.82) is 0 Å². The first kappa shape index (κ1) is 27.1. The Kier molecular flexibility index (Phi) is 10.3. The second kappa shape index (κ2) is 12.9. The van der Waals surface area contributed by atoms with E-state index in [9.17, 15) is 0 Å². The van der Waals surface area contributed by atoms with E-state index in [1.54, 1.807) is 0 Å². The van der Waals surface area contributed by atoms with Crippen molar-refractivity contribution in [2.24, 2.45) is 0 Å². The Morgan fingerprint density at radius 3 is 1.85 bits per heavy atom. The molecule has 0 aliphatic heterocycles. The lowest BCUT2D eigenvalue weighted by molar-refractivity contribution is 0.886. The Hall–Kier alpha value is -3.13. The van der Waals surface area contributed by atoms with Crippen LogP contribution in [0.4, 0.5) is 0 Å². The van der Waals surface area contributed by atoms with Gasteiger partial charge in [-0.1, -0.05) is 108 Å². The molecule has 0 N–H and O–H groups in total. The van der Waals surface area contributed by atoms with Crippen LogP contribution in [0.15, 0.2) is 66.9 Å². The van der Waals surface area contributed by atoms with E-state index >= 15 is 0 Å². The largest absolute Gasteiger partial charge is 0.292 e. The molecule has 0 spiro atoms. The van der Waals surface area contributed by atoms with Crippen molar-refractivity contribution >= 4 is 27.3 Å². The number of benzene rings is 3. The zero-order chi connectivity index (χ0) is 25.3. The van der Waals surface area contributed by atoms with Gasteiger partial charge in [-0.05, 0) is 49.4 Å². The molecule has 0 aliphatic carbocycles. The van der Waals surface area contributed by atoms with Gasteiger partial charge in [0, 0.05) is 16.3 Å². The number of imidazole rings is 1. The zero-order valence-electron chi connectivity index (χ0n) is 22.7. The molecule has 0 amide bonds. The minimum atomic E-state index is 1.02. The lowest BCUT2D eigenvalue weighted by atomic mass is 9.99. The number of hydrogen-bond acceptors (Lipinski definition) is 1. The third kappa shape index (κ3) is 5.33. The fourth-order valence-corrected chi connectivity index (χ4v) is 4.15. The number of nitrogens with zero attached hydrogens (tertiary/aromatic N) is 2. The van der Waals surface area contributed by atoms with Gasteiger partial charge in [-0.25, -0.2) is 4.98 Å². The summed E-state index contributed by atoms with van der Waals surface area (Å²) in [7, 11) is 0. The summed E-state index contributed by atoms with van der Waals surface area (Å²) in [6, 6.07) is 21.7. The number of aromatic nitrogens is 2. The van der Waals surface area contributed by atoms with Gasteiger partial charge >= 0.3 is 0 Å². The first-order valence-corrected chi connectivity index (χ1v) is 12.9. The van der Waals surface area contributed by atoms with E-state index in [1.807, 2.05) is 33.9 Å². The van der Waals surface area contributed by atoms with Crippen LogP contribution in [-0.4, -0.2) is 9.38 Å². The molecule has 2 heterocycles. The molecule has 0 unspecified atom stereocenters. The maximum Gasteiger partial charge on any atom is 0.145 e. The summed E-state index contributed by atoms with van der Waals surface area (Å²) < 4.78 is 2.33. The van der Waals surface area contributed by atoms with E-state index < -0.39 is 0 Å². The third-order valence-electron chi connectivity index (χ3n) is 5.85. The standard InChI is InChI=1S/C24H20N2.C4H10.2C2H6/c1-15-11-12-21-20(13-15)18-9-4-5-10-19(18)24-25-14-22(26(21)24)23-16(2)7-6-8-17(23)3;1-3-4-2;2*1-2/h4-14H,1-3H3;3-4H2,1-2H3;2*1-2H3. The predicted octanol–water partition coefficient (Wildman–Crippen LogP) is 10.1. The third-order valence-corrected chi connectivity index (χ3v) is 5.85. The molecule has 0 aliphatic rings. The molecule has 5 rings (SSSR count). The quantitative estimate of drug-likeness (QED) is 0.242. The molecule has 0 fully saturated rings. The Morgan fingerprint density at radius 1 is 0.676 bits per heavy atom. The van der Waals surface area contributed by atoms with Crippen molar-refractivity contribution in [3.05, 3.63) is 83.6 Å². The van der Waals surface area contributed by atoms with Gasteiger partial charge in [0.1, 0.15) is 5.65 Å². The molecule has 0 bridgehead atoms. The van der Waals surface area contributed by atoms with E-state index in [0.29, 0.717) is 0 Å². The maximum atomic E-state index is 4.84. The number of hydrogen-bond donors (Lipinski definition) is 0. The van der Waals surface area contributed by atoms with E-state index in [0.717, 1.165) is 11.3 Å². The van der Waals surface area contributed by atoms with Crippen molar-refractivity contribution in [2.75, 3.05) is 0 Å². The lowest BCUT2D eigenvalue weighted by Gasteiger charge is -2.14. The number of pyridine rings is 1. The van der Waals surface area contributed by atoms with E-state index in [2.05, 4.69) is 99.7 Å². The van der Waals surface area contributed by atoms with Crippen LogP contribution in [0.1, 0.15) is 71.1 Å². The Bertz CT molecular complexity index is 1320. The average Bonchev–Trinajstić information content (AvgIpc) is 3.32. The molecule has 0 radical (unpaired) electrons. The molecule has 180 valence electrons. The Morgan fingerprint density at radius 2 is 1.26 bits per heavy atom. The highest BCUT2D eigenvalue weighted by Crippen LogP contribution is 2.35. The van der Waals surface area contributed by atoms with Gasteiger partial charge in [-0.15, -0.1) is 0 Å². The maximum absolute atomic E-state index is 4.84. The van der Waals surface area contributed by atoms with Gasteiger partial charge < -0.3 is 0 Å². The van der Waals surface area contributed by atoms with Gasteiger partial charge in [0.25, 0.3) is 0 Å². The summed E-state index contributed by atoms with van der Waals surface area (Å²) in [6.45, 7) is 18.9. The molecule has 34 heavy (non-hydrogen) atoms. The number of unbranched alkanes of at least 4 members (excludes halogenated alkanes) is 1. The van der Waals surface area contributed by atoms with Crippen LogP contribution in [0, 0.1) is 20.8 Å². The van der Waals surface area contributed by atoms with Crippen molar-refractivity contribution in [3.8, 4) is 11.3 Å². The monoisotopic (exact) mass is 454 g/mol. The van der Waals surface area contributed by atoms with Crippen LogP contribution in [-0.2, 0) is 0 Å². The van der Waals surface area contributed by atoms with Crippen LogP contribution in [0.5, 0.6) is 0 Å². The van der Waals surface area contributed by atoms with Crippen LogP contribution >= 0.6 is 0 Å². The van der Waals surface area contributed by atoms with E-state index in [-0.39, 0.29) is 0 Å². The molecule has 2 heteroatoms. The zero-order valence-corrected chi connectivity index (χ0v) is 22.7. The van der Waals surface area contributed by atoms with Crippen molar-refractivity contribution in [1.82, 2.24) is 9.38 Å². The summed E-state index contributed by atoms with van der Waals surface area (Å²) >= 11 is 0. The van der Waals surface area contributed by atoms with Gasteiger partial charge in [-0.2, -0.15) is 0 Å². The molecule has 3 aromatic carbocycles. The molecule has 5 aromatic rings. The van der Waals surface area contributed by atoms with Crippen LogP contribution in [0.3, 0.4) is 0 Å². The minimum absolute atomic E-state index is 1.02. The molecule has 2 aromatic heterocycles. The number of rotatable bonds is 2. The predicted molar refractivity (Wildman–Crippen MR) is 153 cm³/mol. The molecular weight excluding hydrogens is 412 g/mol. The summed E-state index contributed by atoms with van der Waals surface area (Å²) in [6.07, 6.45) is 4.66. The minimum Gasteiger partial charge on any atom is -0.292 e. The van der Waals surface area contributed by atoms with Crippen LogP contribution < -0.4 is 0 Å². The summed E-state index contributed by atoms with van der Waals surface area (Å²) in [5.74, 6) is 0. The molecule has 0 saturated heterocycles. The summed E-state index contributed by atoms with van der Waals surface area (Å²) in [4.78, 5) is 4.84. The highest BCUT2D eigenvalue weighted by atomic mass is 15.0. The summed E-state index contributed by atoms with van der Waals surface area (Å²) in [5, 5.41) is 3.74. The smallest absolute Gasteiger partial charge is 0.145 e. The second-order valence-corrected chi connectivity index (χ2v) is 8.14. The van der Waals surface area contributed by atoms with Crippen molar-refractivity contribution < 1.29 is 0 Å². The molecule has 2 nitrogen and oxygen atoms in total. The fourth-order valence-electron chi connectivity index (χ4n) is 4.15. The van der Waals surface area contributed by atoms with Gasteiger partial charge in [-0.3, -0.25) is 4.40 Å². The van der Waals surface area contributed by atoms with Crippen molar-refractivity contribution in [3.63, 3.8) is 0 Å². The fraction of sp³-hybridized carbons (Fsp3) is 0.344. The first-order valence-electron chi connectivity index (χ1n) is 12.9. The van der Waals surface area contributed by atoms with Crippen molar-refractivity contribution in [2.45, 2.75) is 75.2 Å². The first-order chi connectivity index (χ1) is 16.6. The molecule has 0 atom stereocenters. The normalized spacial score (nSPS) is 10.1. The topological polar surface area (TPSA) is 17.3 Å².